The largest absolute Gasteiger partial charge is 0.459 e. The number of ether oxygens (including phenoxy) is 2. The molecule has 192 valence electrons. The number of allylic oxidation sites excluding steroid dienone is 1. The number of para-hydroxylation sites is 1. The summed E-state index contributed by atoms with van der Waals surface area (Å²) in [6, 6.07) is 9.96. The highest BCUT2D eigenvalue weighted by Gasteiger charge is 2.51. The predicted octanol–water partition coefficient (Wildman–Crippen LogP) is 2.88. The second-order valence-electron chi connectivity index (χ2n) is 10.1. The van der Waals surface area contributed by atoms with Gasteiger partial charge in [0.1, 0.15) is 5.54 Å². The van der Waals surface area contributed by atoms with E-state index in [1.54, 1.807) is 4.90 Å². The number of rotatable bonds is 8. The molecule has 2 N–H and O–H groups in total. The lowest BCUT2D eigenvalue weighted by atomic mass is 9.78. The lowest BCUT2D eigenvalue weighted by molar-refractivity contribution is -0.178. The minimum Gasteiger partial charge on any atom is -0.459 e. The van der Waals surface area contributed by atoms with Crippen molar-refractivity contribution in [2.45, 2.75) is 58.3 Å². The summed E-state index contributed by atoms with van der Waals surface area (Å²) in [6.45, 7) is 8.27. The number of aliphatic hydroxyl groups is 1. The molecule has 3 aliphatic rings. The van der Waals surface area contributed by atoms with Crippen molar-refractivity contribution >= 4 is 17.5 Å². The maximum absolute atomic E-state index is 13.6. The van der Waals surface area contributed by atoms with E-state index < -0.39 is 11.8 Å². The Balaban J connectivity index is 1.49. The van der Waals surface area contributed by atoms with Crippen LogP contribution < -0.4 is 10.2 Å². The van der Waals surface area contributed by atoms with Gasteiger partial charge in [0.2, 0.25) is 12.2 Å². The summed E-state index contributed by atoms with van der Waals surface area (Å²) in [5.41, 5.74) is 0.376. The van der Waals surface area contributed by atoms with Crippen LogP contribution in [0.1, 0.15) is 46.5 Å². The van der Waals surface area contributed by atoms with Crippen molar-refractivity contribution in [3.63, 3.8) is 0 Å². The van der Waals surface area contributed by atoms with Gasteiger partial charge in [-0.3, -0.25) is 9.59 Å². The van der Waals surface area contributed by atoms with Crippen molar-refractivity contribution in [3.05, 3.63) is 42.2 Å². The van der Waals surface area contributed by atoms with Crippen LogP contribution in [0.5, 0.6) is 0 Å². The number of nitrogens with one attached hydrogen (secondary N) is 1. The summed E-state index contributed by atoms with van der Waals surface area (Å²) >= 11 is 0. The van der Waals surface area contributed by atoms with E-state index in [2.05, 4.69) is 24.1 Å². The molecule has 3 atom stereocenters. The van der Waals surface area contributed by atoms with Crippen LogP contribution in [-0.4, -0.2) is 66.6 Å². The third-order valence-electron chi connectivity index (χ3n) is 7.72. The second-order valence-corrected chi connectivity index (χ2v) is 10.1. The Labute approximate surface area is 208 Å². The van der Waals surface area contributed by atoms with E-state index in [0.717, 1.165) is 12.1 Å². The molecule has 2 saturated heterocycles. The molecule has 1 aromatic rings. The van der Waals surface area contributed by atoms with Crippen LogP contribution in [-0.2, 0) is 19.1 Å². The maximum atomic E-state index is 13.6. The highest BCUT2D eigenvalue weighted by molar-refractivity contribution is 5.95. The van der Waals surface area contributed by atoms with Gasteiger partial charge in [0.05, 0.1) is 6.67 Å². The average molecular weight is 486 g/mol. The molecule has 0 aliphatic carbocycles. The molecule has 0 unspecified atom stereocenters. The van der Waals surface area contributed by atoms with Crippen molar-refractivity contribution in [1.82, 2.24) is 10.2 Å². The molecule has 1 spiro atoms. The molecule has 0 saturated carbocycles. The number of hydrogen-bond donors (Lipinski definition) is 2. The standard InChI is InChI=1S/C27H39N3O5/c1-4-34-25-21(11-8-16-31)22(19(2)3)17-23(35-25)24(32)29-14-12-27(13-15-29)26(33)28-18-30(27)20-9-6-5-7-10-20/h5-7,9-10,17,19,21-22,25,31H,4,8,11-16,18H2,1-3H3,(H,28,33)/t21-,22+,25+/m1/s1. The third kappa shape index (κ3) is 5.05. The molecular formula is C27H39N3O5. The average Bonchev–Trinajstić information content (AvgIpc) is 3.18. The van der Waals surface area contributed by atoms with E-state index in [9.17, 15) is 14.7 Å². The van der Waals surface area contributed by atoms with Gasteiger partial charge in [-0.05, 0) is 62.7 Å². The van der Waals surface area contributed by atoms with Crippen molar-refractivity contribution in [2.75, 3.05) is 37.9 Å². The number of nitrogens with zero attached hydrogens (tertiary/aromatic N) is 2. The molecular weight excluding hydrogens is 446 g/mol. The number of hydrogen-bond acceptors (Lipinski definition) is 6. The first-order valence-electron chi connectivity index (χ1n) is 12.9. The van der Waals surface area contributed by atoms with E-state index in [0.29, 0.717) is 57.3 Å². The lowest BCUT2D eigenvalue weighted by Gasteiger charge is -2.44. The Bertz CT molecular complexity index is 911. The Kier molecular flexibility index (Phi) is 8.02. The van der Waals surface area contributed by atoms with Gasteiger partial charge in [-0.1, -0.05) is 32.0 Å². The number of carbonyl (C=O) groups excluding carboxylic acids is 2. The smallest absolute Gasteiger partial charge is 0.288 e. The van der Waals surface area contributed by atoms with Gasteiger partial charge in [0, 0.05) is 37.9 Å². The molecule has 8 heteroatoms. The van der Waals surface area contributed by atoms with Crippen LogP contribution in [0.15, 0.2) is 42.2 Å². The first-order valence-corrected chi connectivity index (χ1v) is 12.9. The van der Waals surface area contributed by atoms with E-state index in [1.807, 2.05) is 43.3 Å². The summed E-state index contributed by atoms with van der Waals surface area (Å²) in [5, 5.41) is 12.4. The quantitative estimate of drug-likeness (QED) is 0.589. The minimum atomic E-state index is -0.635. The van der Waals surface area contributed by atoms with E-state index in [4.69, 9.17) is 9.47 Å². The number of benzene rings is 1. The van der Waals surface area contributed by atoms with Crippen LogP contribution in [0.25, 0.3) is 0 Å². The topological polar surface area (TPSA) is 91.3 Å². The number of anilines is 1. The van der Waals surface area contributed by atoms with Crippen molar-refractivity contribution in [1.29, 1.82) is 0 Å². The van der Waals surface area contributed by atoms with Gasteiger partial charge in [-0.15, -0.1) is 0 Å². The molecule has 8 nitrogen and oxygen atoms in total. The summed E-state index contributed by atoms with van der Waals surface area (Å²) in [4.78, 5) is 30.4. The molecule has 4 rings (SSSR count). The van der Waals surface area contributed by atoms with Crippen molar-refractivity contribution < 1.29 is 24.2 Å². The van der Waals surface area contributed by atoms with Crippen LogP contribution in [0.2, 0.25) is 0 Å². The van der Waals surface area contributed by atoms with Gasteiger partial charge >= 0.3 is 0 Å². The summed E-state index contributed by atoms with van der Waals surface area (Å²) < 4.78 is 12.1. The number of carbonyl (C=O) groups is 2. The molecule has 3 heterocycles. The number of aliphatic hydroxyl groups excluding tert-OH is 1. The molecule has 35 heavy (non-hydrogen) atoms. The van der Waals surface area contributed by atoms with Crippen molar-refractivity contribution in [2.24, 2.45) is 17.8 Å². The van der Waals surface area contributed by atoms with Gasteiger partial charge in [-0.2, -0.15) is 0 Å². The highest BCUT2D eigenvalue weighted by Crippen LogP contribution is 2.39. The lowest BCUT2D eigenvalue weighted by Crippen LogP contribution is -2.57. The molecule has 3 aliphatic heterocycles. The number of amides is 2. The Morgan fingerprint density at radius 3 is 2.60 bits per heavy atom. The molecule has 0 aromatic heterocycles. The molecule has 1 aromatic carbocycles. The van der Waals surface area contributed by atoms with Crippen LogP contribution in [0.4, 0.5) is 5.69 Å². The SMILES string of the molecule is CCO[C@H]1OC(C(=O)N2CCC3(CC2)C(=O)NCN3c2ccccc2)=C[C@@H](C(C)C)[C@H]1CCCO. The van der Waals surface area contributed by atoms with E-state index >= 15 is 0 Å². The monoisotopic (exact) mass is 485 g/mol. The highest BCUT2D eigenvalue weighted by atomic mass is 16.7. The van der Waals surface area contributed by atoms with Crippen LogP contribution in [0, 0.1) is 17.8 Å². The number of likely N-dealkylation sites (tertiary alicyclic amines) is 1. The summed E-state index contributed by atoms with van der Waals surface area (Å²) in [6.07, 6.45) is 4.04. The minimum absolute atomic E-state index is 0.0320. The summed E-state index contributed by atoms with van der Waals surface area (Å²) in [7, 11) is 0. The zero-order valence-electron chi connectivity index (χ0n) is 21.1. The zero-order valence-corrected chi connectivity index (χ0v) is 21.1. The van der Waals surface area contributed by atoms with Gasteiger partial charge in [0.25, 0.3) is 5.91 Å². The van der Waals surface area contributed by atoms with Crippen LogP contribution >= 0.6 is 0 Å². The first-order chi connectivity index (χ1) is 16.9. The second kappa shape index (κ2) is 11.0. The van der Waals surface area contributed by atoms with Crippen LogP contribution in [0.3, 0.4) is 0 Å². The zero-order chi connectivity index (χ0) is 25.0. The van der Waals surface area contributed by atoms with Gasteiger partial charge < -0.3 is 29.7 Å². The molecule has 0 bridgehead atoms. The Morgan fingerprint density at radius 1 is 1.26 bits per heavy atom. The van der Waals surface area contributed by atoms with Gasteiger partial charge in [-0.25, -0.2) is 0 Å². The fourth-order valence-corrected chi connectivity index (χ4v) is 5.79. The third-order valence-corrected chi connectivity index (χ3v) is 7.72. The fraction of sp³-hybridized carbons (Fsp3) is 0.630. The Morgan fingerprint density at radius 2 is 1.97 bits per heavy atom. The number of piperidine rings is 1. The van der Waals surface area contributed by atoms with Gasteiger partial charge in [0.15, 0.2) is 5.76 Å². The molecule has 2 amide bonds. The maximum Gasteiger partial charge on any atom is 0.288 e. The van der Waals surface area contributed by atoms with Crippen molar-refractivity contribution in [3.8, 4) is 0 Å². The van der Waals surface area contributed by atoms with E-state index in [-0.39, 0.29) is 30.3 Å². The Hall–Kier alpha value is -2.58. The molecule has 2 fully saturated rings. The summed E-state index contributed by atoms with van der Waals surface area (Å²) in [5.74, 6) is 0.750. The fourth-order valence-electron chi connectivity index (χ4n) is 5.79. The first kappa shape index (κ1) is 25.5. The normalized spacial score (nSPS) is 26.0. The predicted molar refractivity (Wildman–Crippen MR) is 133 cm³/mol. The van der Waals surface area contributed by atoms with E-state index in [1.165, 1.54) is 0 Å². The molecule has 0 radical (unpaired) electrons.